The summed E-state index contributed by atoms with van der Waals surface area (Å²) in [5.41, 5.74) is -2.87. The predicted molar refractivity (Wildman–Crippen MR) is 113 cm³/mol. The Balaban J connectivity index is 2.50. The van der Waals surface area contributed by atoms with Crippen molar-refractivity contribution in [2.45, 2.75) is 6.18 Å². The average molecular weight is 495 g/mol. The van der Waals surface area contributed by atoms with Crippen LogP contribution < -0.4 is 16.0 Å². The smallest absolute Gasteiger partial charge is 0.355 e. The third-order valence-corrected chi connectivity index (χ3v) is 4.44. The molecule has 2 amide bonds. The zero-order valence-corrected chi connectivity index (χ0v) is 17.8. The van der Waals surface area contributed by atoms with E-state index in [0.717, 1.165) is 0 Å². The highest BCUT2D eigenvalue weighted by Gasteiger charge is 2.34. The number of carbonyl (C=O) groups is 2. The Morgan fingerprint density at radius 3 is 2.39 bits per heavy atom. The maximum absolute atomic E-state index is 12.9. The minimum Gasteiger partial charge on any atom is -0.355 e. The molecular weight excluding hydrogens is 482 g/mol. The Labute approximate surface area is 189 Å². The number of nitrogens with zero attached hydrogens (tertiary/aromatic N) is 1. The molecule has 0 spiro atoms. The fourth-order valence-electron chi connectivity index (χ4n) is 2.19. The minimum atomic E-state index is -5.02. The fraction of sp³-hybridized carbons (Fsp3) is 0.111. The molecule has 31 heavy (non-hydrogen) atoms. The summed E-state index contributed by atoms with van der Waals surface area (Å²) in [5.74, 6) is -1.94. The van der Waals surface area contributed by atoms with Crippen molar-refractivity contribution >= 4 is 63.8 Å². The average Bonchev–Trinajstić information content (AvgIpc) is 2.69. The zero-order chi connectivity index (χ0) is 23.3. The van der Waals surface area contributed by atoms with E-state index in [1.54, 1.807) is 0 Å². The van der Waals surface area contributed by atoms with Crippen LogP contribution in [0.2, 0.25) is 15.1 Å². The highest BCUT2D eigenvalue weighted by atomic mass is 35.5. The quantitative estimate of drug-likeness (QED) is 0.338. The second-order valence-electron chi connectivity index (χ2n) is 5.77. The van der Waals surface area contributed by atoms with E-state index in [0.29, 0.717) is 0 Å². The molecule has 1 aromatic carbocycles. The molecule has 1 aromatic heterocycles. The first kappa shape index (κ1) is 24.4. The first-order chi connectivity index (χ1) is 14.4. The van der Waals surface area contributed by atoms with Gasteiger partial charge in [-0.2, -0.15) is 13.2 Å². The molecule has 4 N–H and O–H groups in total. The van der Waals surface area contributed by atoms with Gasteiger partial charge in [-0.05, 0) is 30.3 Å². The molecule has 0 radical (unpaired) electrons. The van der Waals surface area contributed by atoms with E-state index in [4.69, 9.17) is 40.2 Å². The topological polar surface area (TPSA) is 107 Å². The molecule has 2 aromatic rings. The SMILES string of the molecule is CNC(=O)c1cc(Cl)cc(Cl)c1NC(=O)/C(=C/C(=N)C(F)(F)F)Nc1ncccc1Cl. The molecule has 0 fully saturated rings. The third kappa shape index (κ3) is 6.33. The van der Waals surface area contributed by atoms with E-state index in [1.807, 2.05) is 0 Å². The zero-order valence-electron chi connectivity index (χ0n) is 15.5. The first-order valence-corrected chi connectivity index (χ1v) is 9.35. The number of pyridine rings is 1. The number of alkyl halides is 3. The van der Waals surface area contributed by atoms with Crippen molar-refractivity contribution in [1.29, 1.82) is 5.41 Å². The van der Waals surface area contributed by atoms with Crippen LogP contribution in [0.3, 0.4) is 0 Å². The number of nitrogens with one attached hydrogen (secondary N) is 4. The number of hydrogen-bond donors (Lipinski definition) is 4. The third-order valence-electron chi connectivity index (χ3n) is 3.62. The Kier molecular flexibility index (Phi) is 7.88. The summed E-state index contributed by atoms with van der Waals surface area (Å²) < 4.78 is 38.6. The molecule has 0 saturated carbocycles. The van der Waals surface area contributed by atoms with Gasteiger partial charge in [0.05, 0.1) is 21.3 Å². The standard InChI is InChI=1S/C18H13Cl3F3N5O2/c1-26-16(30)9-5-8(19)6-11(21)14(9)29-17(31)12(7-13(25)18(22,23)24)28-15-10(20)3-2-4-27-15/h2-7,25H,1H3,(H,26,30)(H,27,28)(H,29,31)/b12-7-,25-13?. The van der Waals surface area contributed by atoms with Gasteiger partial charge in [-0.15, -0.1) is 0 Å². The van der Waals surface area contributed by atoms with Crippen LogP contribution in [0, 0.1) is 5.41 Å². The van der Waals surface area contributed by atoms with Crippen LogP contribution in [0.25, 0.3) is 0 Å². The molecule has 0 aliphatic rings. The van der Waals surface area contributed by atoms with Gasteiger partial charge in [0.15, 0.2) is 0 Å². The second-order valence-corrected chi connectivity index (χ2v) is 7.02. The summed E-state index contributed by atoms with van der Waals surface area (Å²) >= 11 is 17.9. The molecule has 0 aliphatic heterocycles. The van der Waals surface area contributed by atoms with Crippen LogP contribution in [0.5, 0.6) is 0 Å². The molecule has 0 saturated heterocycles. The lowest BCUT2D eigenvalue weighted by molar-refractivity contribution is -0.112. The van der Waals surface area contributed by atoms with Crippen molar-refractivity contribution in [3.63, 3.8) is 0 Å². The van der Waals surface area contributed by atoms with Crippen molar-refractivity contribution in [3.05, 3.63) is 62.9 Å². The number of rotatable bonds is 6. The Bertz CT molecular complexity index is 1070. The highest BCUT2D eigenvalue weighted by Crippen LogP contribution is 2.31. The van der Waals surface area contributed by atoms with Gasteiger partial charge in [0, 0.05) is 18.3 Å². The number of benzene rings is 1. The van der Waals surface area contributed by atoms with Crippen molar-refractivity contribution in [2.24, 2.45) is 0 Å². The number of halogens is 6. The van der Waals surface area contributed by atoms with Crippen LogP contribution in [-0.2, 0) is 4.79 Å². The number of hydrogen-bond acceptors (Lipinski definition) is 5. The van der Waals surface area contributed by atoms with Crippen LogP contribution >= 0.6 is 34.8 Å². The van der Waals surface area contributed by atoms with E-state index in [9.17, 15) is 22.8 Å². The van der Waals surface area contributed by atoms with Crippen molar-refractivity contribution in [2.75, 3.05) is 17.7 Å². The molecule has 0 aliphatic carbocycles. The second kappa shape index (κ2) is 9.99. The maximum Gasteiger partial charge on any atom is 0.432 e. The summed E-state index contributed by atoms with van der Waals surface area (Å²) in [5, 5.41) is 14.1. The number of carbonyl (C=O) groups excluding carboxylic acids is 2. The van der Waals surface area contributed by atoms with E-state index in [2.05, 4.69) is 20.9 Å². The minimum absolute atomic E-state index is 0.00955. The highest BCUT2D eigenvalue weighted by molar-refractivity contribution is 6.38. The van der Waals surface area contributed by atoms with Gasteiger partial charge in [0.25, 0.3) is 11.8 Å². The molecule has 0 unspecified atom stereocenters. The van der Waals surface area contributed by atoms with Gasteiger partial charge in [-0.3, -0.25) is 15.0 Å². The van der Waals surface area contributed by atoms with Gasteiger partial charge in [-0.25, -0.2) is 4.98 Å². The number of amides is 2. The number of allylic oxidation sites excluding steroid dienone is 1. The van der Waals surface area contributed by atoms with Crippen molar-refractivity contribution < 1.29 is 22.8 Å². The molecule has 7 nitrogen and oxygen atoms in total. The predicted octanol–water partition coefficient (Wildman–Crippen LogP) is 4.92. The molecule has 13 heteroatoms. The van der Waals surface area contributed by atoms with Gasteiger partial charge in [0.2, 0.25) is 0 Å². The van der Waals surface area contributed by atoms with Crippen LogP contribution in [-0.4, -0.2) is 35.7 Å². The summed E-state index contributed by atoms with van der Waals surface area (Å²) in [4.78, 5) is 28.7. The summed E-state index contributed by atoms with van der Waals surface area (Å²) in [6.45, 7) is 0. The maximum atomic E-state index is 12.9. The summed E-state index contributed by atoms with van der Waals surface area (Å²) in [6, 6.07) is 5.31. The molecule has 1 heterocycles. The summed E-state index contributed by atoms with van der Waals surface area (Å²) in [6.07, 6.45) is -3.48. The van der Waals surface area contributed by atoms with Crippen LogP contribution in [0.1, 0.15) is 10.4 Å². The molecular formula is C18H13Cl3F3N5O2. The van der Waals surface area contributed by atoms with Crippen LogP contribution in [0.15, 0.2) is 42.2 Å². The van der Waals surface area contributed by atoms with E-state index >= 15 is 0 Å². The first-order valence-electron chi connectivity index (χ1n) is 8.21. The monoisotopic (exact) mass is 493 g/mol. The van der Waals surface area contributed by atoms with E-state index < -0.39 is 29.4 Å². The lowest BCUT2D eigenvalue weighted by atomic mass is 10.1. The number of anilines is 2. The van der Waals surface area contributed by atoms with E-state index in [-0.39, 0.29) is 38.2 Å². The Morgan fingerprint density at radius 2 is 1.81 bits per heavy atom. The number of aromatic nitrogens is 1. The molecule has 0 atom stereocenters. The largest absolute Gasteiger partial charge is 0.432 e. The van der Waals surface area contributed by atoms with Crippen molar-refractivity contribution in [3.8, 4) is 0 Å². The van der Waals surface area contributed by atoms with Crippen LogP contribution in [0.4, 0.5) is 24.7 Å². The molecule has 2 rings (SSSR count). The van der Waals surface area contributed by atoms with Gasteiger partial charge in [0.1, 0.15) is 17.2 Å². The van der Waals surface area contributed by atoms with E-state index in [1.165, 1.54) is 37.5 Å². The molecule has 164 valence electrons. The Morgan fingerprint density at radius 1 is 1.13 bits per heavy atom. The normalized spacial score (nSPS) is 11.6. The van der Waals surface area contributed by atoms with Gasteiger partial charge < -0.3 is 16.0 Å². The Hall–Kier alpha value is -2.82. The summed E-state index contributed by atoms with van der Waals surface area (Å²) in [7, 11) is 1.32. The van der Waals surface area contributed by atoms with Gasteiger partial charge >= 0.3 is 6.18 Å². The fourth-order valence-corrected chi connectivity index (χ4v) is 2.89. The van der Waals surface area contributed by atoms with Crippen molar-refractivity contribution in [1.82, 2.24) is 10.3 Å². The lowest BCUT2D eigenvalue weighted by Gasteiger charge is -2.16. The lowest BCUT2D eigenvalue weighted by Crippen LogP contribution is -2.27. The molecule has 0 bridgehead atoms. The van der Waals surface area contributed by atoms with Gasteiger partial charge in [-0.1, -0.05) is 34.8 Å².